The van der Waals surface area contributed by atoms with Crippen LogP contribution in [0.25, 0.3) is 0 Å². The van der Waals surface area contributed by atoms with Gasteiger partial charge in [0.1, 0.15) is 5.75 Å². The molecule has 1 radical (unpaired) electrons. The molecule has 1 saturated heterocycles. The topological polar surface area (TPSA) is 21.7 Å². The van der Waals surface area contributed by atoms with E-state index in [4.69, 9.17) is 9.47 Å². The normalized spacial score (nSPS) is 17.2. The zero-order valence-corrected chi connectivity index (χ0v) is 10.0. The lowest BCUT2D eigenvalue weighted by Crippen LogP contribution is -2.31. The molecule has 0 N–H and O–H groups in total. The summed E-state index contributed by atoms with van der Waals surface area (Å²) < 4.78 is 13.2. The fraction of sp³-hybridized carbons (Fsp3) is 0.500. The highest BCUT2D eigenvalue weighted by Gasteiger charge is 2.09. The van der Waals surface area contributed by atoms with Gasteiger partial charge in [0.25, 0.3) is 0 Å². The van der Waals surface area contributed by atoms with Crippen molar-refractivity contribution in [1.29, 1.82) is 0 Å². The number of benzene rings is 1. The Hall–Kier alpha value is -0.710. The van der Waals surface area contributed by atoms with Crippen molar-refractivity contribution < 1.29 is 9.47 Å². The summed E-state index contributed by atoms with van der Waals surface area (Å²) in [5, 5.41) is 0. The van der Waals surface area contributed by atoms with Gasteiger partial charge in [0.15, 0.2) is 0 Å². The van der Waals surface area contributed by atoms with Gasteiger partial charge in [0, 0.05) is 24.9 Å². The van der Waals surface area contributed by atoms with Crippen molar-refractivity contribution in [3.63, 3.8) is 0 Å². The second-order valence-corrected chi connectivity index (χ2v) is 4.63. The van der Waals surface area contributed by atoms with Gasteiger partial charge in [-0.3, -0.25) is 0 Å². The quantitative estimate of drug-likeness (QED) is 0.576. The molecule has 0 saturated carbocycles. The Kier molecular flexibility index (Phi) is 4.99. The van der Waals surface area contributed by atoms with Crippen LogP contribution in [-0.4, -0.2) is 43.0 Å². The number of morpholine rings is 1. The largest absolute Gasteiger partial charge is 0.492 e. The molecule has 1 aromatic carbocycles. The molecule has 1 aromatic rings. The van der Waals surface area contributed by atoms with Crippen LogP contribution in [0.15, 0.2) is 24.3 Å². The van der Waals surface area contributed by atoms with Crippen LogP contribution in [0.2, 0.25) is 0 Å². The zero-order valence-electron chi connectivity index (χ0n) is 9.22. The minimum atomic E-state index is 0.725. The van der Waals surface area contributed by atoms with Gasteiger partial charge >= 0.3 is 0 Å². The van der Waals surface area contributed by atoms with E-state index in [-0.39, 0.29) is 0 Å². The zero-order chi connectivity index (χ0) is 11.1. The first-order chi connectivity index (χ1) is 7.95. The lowest BCUT2D eigenvalue weighted by atomic mass is 10.3. The van der Waals surface area contributed by atoms with Crippen LogP contribution in [0.4, 0.5) is 0 Å². The minimum Gasteiger partial charge on any atom is -0.492 e. The molecule has 87 valence electrons. The smallest absolute Gasteiger partial charge is 0.127 e. The number of ether oxygens (including phenoxy) is 2. The number of hydrogen-bond donors (Lipinski definition) is 0. The Balaban J connectivity index is 1.58. The first-order valence-corrected chi connectivity index (χ1v) is 6.44. The molecular formula is C12H16NO2S. The van der Waals surface area contributed by atoms with Crippen molar-refractivity contribution in [3.05, 3.63) is 30.3 Å². The van der Waals surface area contributed by atoms with Crippen LogP contribution < -0.4 is 4.74 Å². The van der Waals surface area contributed by atoms with Crippen LogP contribution in [0.1, 0.15) is 0 Å². The van der Waals surface area contributed by atoms with E-state index >= 15 is 0 Å². The Bertz CT molecular complexity index is 288. The molecule has 0 spiro atoms. The van der Waals surface area contributed by atoms with Gasteiger partial charge in [-0.25, -0.2) is 4.31 Å². The van der Waals surface area contributed by atoms with E-state index in [1.807, 2.05) is 36.2 Å². The highest BCUT2D eigenvalue weighted by atomic mass is 32.2. The van der Waals surface area contributed by atoms with Crippen molar-refractivity contribution in [2.24, 2.45) is 0 Å². The van der Waals surface area contributed by atoms with Gasteiger partial charge in [-0.1, -0.05) is 30.1 Å². The average Bonchev–Trinajstić information content (AvgIpc) is 2.37. The van der Waals surface area contributed by atoms with Crippen LogP contribution in [-0.2, 0) is 4.74 Å². The summed E-state index contributed by atoms with van der Waals surface area (Å²) in [6, 6.07) is 10.7. The number of hydrogen-bond acceptors (Lipinski definition) is 4. The molecule has 1 aliphatic heterocycles. The van der Waals surface area contributed by atoms with Crippen LogP contribution in [0.5, 0.6) is 5.75 Å². The monoisotopic (exact) mass is 238 g/mol. The van der Waals surface area contributed by atoms with E-state index in [2.05, 4.69) is 10.4 Å². The summed E-state index contributed by atoms with van der Waals surface area (Å²) in [7, 11) is 0. The van der Waals surface area contributed by atoms with Crippen molar-refractivity contribution in [1.82, 2.24) is 4.31 Å². The van der Waals surface area contributed by atoms with Crippen LogP contribution in [0, 0.1) is 6.07 Å². The molecule has 0 unspecified atom stereocenters. The average molecular weight is 238 g/mol. The molecule has 0 aromatic heterocycles. The molecular weight excluding hydrogens is 222 g/mol. The van der Waals surface area contributed by atoms with Gasteiger partial charge in [0.2, 0.25) is 0 Å². The van der Waals surface area contributed by atoms with E-state index in [1.54, 1.807) is 0 Å². The van der Waals surface area contributed by atoms with Gasteiger partial charge in [-0.15, -0.1) is 0 Å². The third kappa shape index (κ3) is 4.04. The van der Waals surface area contributed by atoms with Gasteiger partial charge in [0.05, 0.1) is 19.8 Å². The molecule has 1 fully saturated rings. The fourth-order valence-corrected chi connectivity index (χ4v) is 2.28. The summed E-state index contributed by atoms with van der Waals surface area (Å²) in [5.41, 5.74) is 0. The third-order valence-corrected chi connectivity index (χ3v) is 3.34. The van der Waals surface area contributed by atoms with E-state index in [1.165, 1.54) is 0 Å². The Morgan fingerprint density at radius 1 is 1.38 bits per heavy atom. The summed E-state index contributed by atoms with van der Waals surface area (Å²) in [4.78, 5) is 0. The maximum Gasteiger partial charge on any atom is 0.127 e. The van der Waals surface area contributed by atoms with Crippen molar-refractivity contribution >= 4 is 11.9 Å². The van der Waals surface area contributed by atoms with Gasteiger partial charge in [-0.05, 0) is 6.07 Å². The predicted octanol–water partition coefficient (Wildman–Crippen LogP) is 1.85. The van der Waals surface area contributed by atoms with E-state index in [9.17, 15) is 0 Å². The standard InChI is InChI=1S/C12H16NO2S/c1-2-4-12(5-3-1)15-10-11-16-13-6-8-14-9-7-13/h1-4H,6-11H2. The summed E-state index contributed by atoms with van der Waals surface area (Å²) in [6.07, 6.45) is 0. The maximum atomic E-state index is 5.56. The summed E-state index contributed by atoms with van der Waals surface area (Å²) in [6.45, 7) is 4.45. The highest BCUT2D eigenvalue weighted by Crippen LogP contribution is 2.13. The molecule has 4 heteroatoms. The van der Waals surface area contributed by atoms with Gasteiger partial charge in [-0.2, -0.15) is 0 Å². The van der Waals surface area contributed by atoms with E-state index in [0.29, 0.717) is 0 Å². The SMILES string of the molecule is [c]1ccccc1OCCSN1CCOCC1. The molecule has 0 atom stereocenters. The third-order valence-electron chi connectivity index (χ3n) is 2.27. The first kappa shape index (κ1) is 11.8. The molecule has 1 aliphatic rings. The van der Waals surface area contributed by atoms with Crippen molar-refractivity contribution in [2.75, 3.05) is 38.7 Å². The number of nitrogens with zero attached hydrogens (tertiary/aromatic N) is 1. The Morgan fingerprint density at radius 3 is 3.00 bits per heavy atom. The molecule has 16 heavy (non-hydrogen) atoms. The van der Waals surface area contributed by atoms with Crippen LogP contribution in [0.3, 0.4) is 0 Å². The fourth-order valence-electron chi connectivity index (χ4n) is 1.46. The second-order valence-electron chi connectivity index (χ2n) is 3.45. The second kappa shape index (κ2) is 6.78. The highest BCUT2D eigenvalue weighted by molar-refractivity contribution is 7.97. The Morgan fingerprint density at radius 2 is 2.25 bits per heavy atom. The van der Waals surface area contributed by atoms with Crippen molar-refractivity contribution in [2.45, 2.75) is 0 Å². The van der Waals surface area contributed by atoms with E-state index in [0.717, 1.165) is 44.4 Å². The lowest BCUT2D eigenvalue weighted by Gasteiger charge is -2.25. The van der Waals surface area contributed by atoms with Gasteiger partial charge < -0.3 is 9.47 Å². The number of para-hydroxylation sites is 1. The first-order valence-electron chi connectivity index (χ1n) is 5.50. The summed E-state index contributed by atoms with van der Waals surface area (Å²) >= 11 is 1.83. The predicted molar refractivity (Wildman–Crippen MR) is 65.6 cm³/mol. The minimum absolute atomic E-state index is 0.725. The molecule has 0 aliphatic carbocycles. The van der Waals surface area contributed by atoms with Crippen LogP contribution >= 0.6 is 11.9 Å². The van der Waals surface area contributed by atoms with Crippen molar-refractivity contribution in [3.8, 4) is 5.75 Å². The summed E-state index contributed by atoms with van der Waals surface area (Å²) in [5.74, 6) is 1.80. The Labute approximate surface area is 101 Å². The number of rotatable bonds is 5. The maximum absolute atomic E-state index is 5.56. The molecule has 0 amide bonds. The molecule has 0 bridgehead atoms. The molecule has 2 rings (SSSR count). The van der Waals surface area contributed by atoms with E-state index < -0.39 is 0 Å². The molecule has 3 nitrogen and oxygen atoms in total. The molecule has 1 heterocycles. The lowest BCUT2D eigenvalue weighted by molar-refractivity contribution is 0.0772.